The Bertz CT molecular complexity index is 748. The summed E-state index contributed by atoms with van der Waals surface area (Å²) in [7, 11) is 0. The van der Waals surface area contributed by atoms with E-state index in [-0.39, 0.29) is 29.9 Å². The summed E-state index contributed by atoms with van der Waals surface area (Å²) in [5, 5.41) is 9.13. The van der Waals surface area contributed by atoms with Crippen molar-refractivity contribution in [1.82, 2.24) is 9.80 Å². The van der Waals surface area contributed by atoms with E-state index in [1.165, 1.54) is 0 Å². The van der Waals surface area contributed by atoms with E-state index >= 15 is 0 Å². The van der Waals surface area contributed by atoms with Crippen molar-refractivity contribution in [3.63, 3.8) is 0 Å². The molecule has 3 saturated heterocycles. The molecule has 1 N–H and O–H groups in total. The minimum atomic E-state index is -1.05. The number of likely N-dealkylation sites (tertiary alicyclic amines) is 1. The fourth-order valence-corrected chi connectivity index (χ4v) is 6.64. The van der Waals surface area contributed by atoms with Gasteiger partial charge in [0.15, 0.2) is 0 Å². The Labute approximate surface area is 204 Å². The van der Waals surface area contributed by atoms with E-state index in [0.29, 0.717) is 38.9 Å². The Morgan fingerprint density at radius 3 is 2.73 bits per heavy atom. The first-order valence-corrected chi connectivity index (χ1v) is 13.1. The van der Waals surface area contributed by atoms with Crippen molar-refractivity contribution < 1.29 is 29.0 Å². The zero-order valence-electron chi connectivity index (χ0n) is 19.7. The van der Waals surface area contributed by atoms with Crippen LogP contribution in [0.1, 0.15) is 52.4 Å². The van der Waals surface area contributed by atoms with Crippen molar-refractivity contribution in [1.29, 1.82) is 0 Å². The van der Waals surface area contributed by atoms with Crippen LogP contribution in [-0.4, -0.2) is 88.1 Å². The van der Waals surface area contributed by atoms with Crippen LogP contribution < -0.4 is 0 Å². The van der Waals surface area contributed by atoms with Gasteiger partial charge in [-0.05, 0) is 39.0 Å². The number of alkyl halides is 1. The van der Waals surface area contributed by atoms with E-state index < -0.39 is 35.6 Å². The molecular formula is C24H37BrN2O6. The van der Waals surface area contributed by atoms with E-state index in [1.54, 1.807) is 22.8 Å². The molecule has 9 heteroatoms. The number of rotatable bonds is 13. The first kappa shape index (κ1) is 26.2. The number of carbonyl (C=O) groups excluding carboxylic acids is 3. The molecule has 6 atom stereocenters. The Balaban J connectivity index is 1.98. The molecule has 0 saturated carbocycles. The minimum absolute atomic E-state index is 0.0913. The highest BCUT2D eigenvalue weighted by molar-refractivity contribution is 9.09. The summed E-state index contributed by atoms with van der Waals surface area (Å²) in [6, 6.07) is -0.787. The second-order valence-corrected chi connectivity index (χ2v) is 10.3. The van der Waals surface area contributed by atoms with Gasteiger partial charge in [0, 0.05) is 31.1 Å². The molecule has 3 heterocycles. The molecule has 3 rings (SSSR count). The molecule has 8 nitrogen and oxygen atoms in total. The smallest absolute Gasteiger partial charge is 0.312 e. The minimum Gasteiger partial charge on any atom is -0.466 e. The van der Waals surface area contributed by atoms with Gasteiger partial charge in [-0.25, -0.2) is 0 Å². The monoisotopic (exact) mass is 528 g/mol. The third kappa shape index (κ3) is 4.73. The quantitative estimate of drug-likeness (QED) is 0.170. The van der Waals surface area contributed by atoms with E-state index in [2.05, 4.69) is 29.4 Å². The number of halogens is 1. The zero-order chi connectivity index (χ0) is 24.2. The number of ether oxygens (including phenoxy) is 2. The van der Waals surface area contributed by atoms with Gasteiger partial charge >= 0.3 is 5.97 Å². The van der Waals surface area contributed by atoms with E-state index in [4.69, 9.17) is 14.6 Å². The van der Waals surface area contributed by atoms with Crippen LogP contribution in [-0.2, 0) is 23.9 Å². The number of nitrogens with zero attached hydrogens (tertiary/aromatic N) is 2. The van der Waals surface area contributed by atoms with Crippen LogP contribution in [0.25, 0.3) is 0 Å². The van der Waals surface area contributed by atoms with Gasteiger partial charge < -0.3 is 24.4 Å². The van der Waals surface area contributed by atoms with Crippen molar-refractivity contribution in [3.05, 3.63) is 12.7 Å². The van der Waals surface area contributed by atoms with Gasteiger partial charge in [0.2, 0.25) is 11.8 Å². The average molecular weight is 529 g/mol. The molecule has 2 amide bonds. The molecule has 3 aliphatic heterocycles. The summed E-state index contributed by atoms with van der Waals surface area (Å²) < 4.78 is 11.8. The lowest BCUT2D eigenvalue weighted by atomic mass is 9.70. The number of esters is 1. The van der Waals surface area contributed by atoms with E-state index in [9.17, 15) is 14.4 Å². The van der Waals surface area contributed by atoms with Gasteiger partial charge in [0.05, 0.1) is 24.5 Å². The van der Waals surface area contributed by atoms with Gasteiger partial charge in [-0.15, -0.1) is 6.58 Å². The molecule has 3 fully saturated rings. The van der Waals surface area contributed by atoms with Gasteiger partial charge in [-0.1, -0.05) is 35.4 Å². The summed E-state index contributed by atoms with van der Waals surface area (Å²) in [5.74, 6) is -2.23. The number of aliphatic hydroxyl groups is 1. The molecular weight excluding hydrogens is 492 g/mol. The van der Waals surface area contributed by atoms with Crippen LogP contribution in [0, 0.1) is 11.8 Å². The lowest BCUT2D eigenvalue weighted by molar-refractivity contribution is -0.154. The summed E-state index contributed by atoms with van der Waals surface area (Å²) in [6.45, 7) is 9.29. The number of fused-ring (bicyclic) bond motifs is 1. The topological polar surface area (TPSA) is 96.4 Å². The summed E-state index contributed by atoms with van der Waals surface area (Å²) in [6.07, 6.45) is 5.54. The maximum absolute atomic E-state index is 14.0. The third-order valence-electron chi connectivity index (χ3n) is 7.08. The summed E-state index contributed by atoms with van der Waals surface area (Å²) >= 11 is 3.65. The van der Waals surface area contributed by atoms with Gasteiger partial charge in [0.25, 0.3) is 0 Å². The maximum Gasteiger partial charge on any atom is 0.312 e. The second-order valence-electron chi connectivity index (χ2n) is 9.16. The number of carbonyl (C=O) groups is 3. The Hall–Kier alpha value is -1.45. The van der Waals surface area contributed by atoms with E-state index in [1.807, 2.05) is 0 Å². The molecule has 3 aliphatic rings. The van der Waals surface area contributed by atoms with Crippen LogP contribution >= 0.6 is 15.9 Å². The van der Waals surface area contributed by atoms with Gasteiger partial charge in [-0.3, -0.25) is 14.4 Å². The van der Waals surface area contributed by atoms with Gasteiger partial charge in [0.1, 0.15) is 11.6 Å². The number of aliphatic hydroxyl groups excluding tert-OH is 1. The highest BCUT2D eigenvalue weighted by Gasteiger charge is 2.76. The van der Waals surface area contributed by atoms with Crippen molar-refractivity contribution in [2.75, 3.05) is 32.8 Å². The number of amides is 2. The molecule has 3 unspecified atom stereocenters. The SMILES string of the molecule is C=CCN(CCCC)C(=O)C1N(CCCCCO)C(=O)[C@@H]2[C@H](C(=O)OCC)[C@H]3OC12CC3Br. The van der Waals surface area contributed by atoms with Crippen molar-refractivity contribution in [3.8, 4) is 0 Å². The largest absolute Gasteiger partial charge is 0.466 e. The normalized spacial score (nSPS) is 32.2. The maximum atomic E-state index is 14.0. The Kier molecular flexibility index (Phi) is 8.97. The summed E-state index contributed by atoms with van der Waals surface area (Å²) in [5.41, 5.74) is -1.05. The number of hydrogen-bond acceptors (Lipinski definition) is 6. The summed E-state index contributed by atoms with van der Waals surface area (Å²) in [4.78, 5) is 43.9. The standard InChI is InChI=1S/C24H37BrN2O6/c1-4-7-12-26(11-5-2)22(30)20-24-15-16(25)19(33-24)17(23(31)32-6-3)18(24)21(29)27(20)13-9-8-10-14-28/h5,16-20,28H,2,4,6-15H2,1,3H3/t16?,17-,18-,19-,20?,24?/m0/s1. The van der Waals surface area contributed by atoms with Crippen molar-refractivity contribution in [2.45, 2.75) is 74.9 Å². The number of hydrogen-bond donors (Lipinski definition) is 1. The predicted molar refractivity (Wildman–Crippen MR) is 127 cm³/mol. The zero-order valence-corrected chi connectivity index (χ0v) is 21.3. The average Bonchev–Trinajstić information content (AvgIpc) is 3.37. The highest BCUT2D eigenvalue weighted by atomic mass is 79.9. The van der Waals surface area contributed by atoms with Gasteiger partial charge in [-0.2, -0.15) is 0 Å². The van der Waals surface area contributed by atoms with Crippen LogP contribution in [0.3, 0.4) is 0 Å². The molecule has 0 aliphatic carbocycles. The lowest BCUT2D eigenvalue weighted by Gasteiger charge is -2.37. The second kappa shape index (κ2) is 11.3. The highest BCUT2D eigenvalue weighted by Crippen LogP contribution is 2.60. The molecule has 0 aromatic rings. The van der Waals surface area contributed by atoms with Crippen LogP contribution in [0.15, 0.2) is 12.7 Å². The molecule has 0 aromatic carbocycles. The van der Waals surface area contributed by atoms with Crippen LogP contribution in [0.4, 0.5) is 0 Å². The molecule has 33 heavy (non-hydrogen) atoms. The predicted octanol–water partition coefficient (Wildman–Crippen LogP) is 2.27. The third-order valence-corrected chi connectivity index (χ3v) is 7.93. The van der Waals surface area contributed by atoms with Crippen LogP contribution in [0.5, 0.6) is 0 Å². The number of unbranched alkanes of at least 4 members (excludes halogenated alkanes) is 3. The van der Waals surface area contributed by atoms with Crippen molar-refractivity contribution >= 4 is 33.7 Å². The molecule has 0 radical (unpaired) electrons. The molecule has 0 aromatic heterocycles. The first-order chi connectivity index (χ1) is 15.9. The lowest BCUT2D eigenvalue weighted by Crippen LogP contribution is -2.57. The fraction of sp³-hybridized carbons (Fsp3) is 0.792. The Morgan fingerprint density at radius 1 is 1.33 bits per heavy atom. The molecule has 1 spiro atoms. The molecule has 186 valence electrons. The first-order valence-electron chi connectivity index (χ1n) is 12.2. The van der Waals surface area contributed by atoms with E-state index in [0.717, 1.165) is 19.3 Å². The molecule has 2 bridgehead atoms. The fourth-order valence-electron chi connectivity index (χ4n) is 5.70. The van der Waals surface area contributed by atoms with Crippen LogP contribution in [0.2, 0.25) is 0 Å². The Morgan fingerprint density at radius 2 is 2.09 bits per heavy atom. The van der Waals surface area contributed by atoms with Crippen molar-refractivity contribution in [2.24, 2.45) is 11.8 Å².